The lowest BCUT2D eigenvalue weighted by Gasteiger charge is -2.33. The van der Waals surface area contributed by atoms with Gasteiger partial charge in [0, 0.05) is 36.1 Å². The Labute approximate surface area is 204 Å². The summed E-state index contributed by atoms with van der Waals surface area (Å²) in [5.74, 6) is -2.68. The second kappa shape index (κ2) is 10.4. The van der Waals surface area contributed by atoms with E-state index in [9.17, 15) is 22.0 Å². The van der Waals surface area contributed by atoms with Crippen LogP contribution in [-0.4, -0.2) is 42.5 Å². The number of halogens is 2. The summed E-state index contributed by atoms with van der Waals surface area (Å²) in [7, 11) is -3.48. The number of benzene rings is 1. The first-order valence-electron chi connectivity index (χ1n) is 11.4. The van der Waals surface area contributed by atoms with Gasteiger partial charge in [-0.25, -0.2) is 22.2 Å². The number of para-hydroxylation sites is 1. The van der Waals surface area contributed by atoms with Gasteiger partial charge in [0.25, 0.3) is 5.91 Å². The predicted octanol–water partition coefficient (Wildman–Crippen LogP) is 5.05. The van der Waals surface area contributed by atoms with E-state index in [1.807, 2.05) is 26.8 Å². The molecule has 1 aromatic heterocycles. The van der Waals surface area contributed by atoms with Crippen LogP contribution in [0.5, 0.6) is 11.6 Å². The number of nitrogens with zero attached hydrogens (tertiary/aromatic N) is 2. The van der Waals surface area contributed by atoms with Gasteiger partial charge in [-0.15, -0.1) is 0 Å². The number of rotatable bonds is 7. The highest BCUT2D eigenvalue weighted by molar-refractivity contribution is 7.93. The van der Waals surface area contributed by atoms with E-state index in [2.05, 4.69) is 15.3 Å². The minimum Gasteiger partial charge on any atom is -0.438 e. The second-order valence-corrected chi connectivity index (χ2v) is 11.9. The SMILES string of the molecule is CC(C)(C)c1ncc(C(=O)NC(/C=C/S(C)(=O)=O)C2CCC(F)(F)CC2)c(Oc2ccccc2)n1. The van der Waals surface area contributed by atoms with Gasteiger partial charge in [-0.2, -0.15) is 4.98 Å². The molecular weight excluding hydrogens is 476 g/mol. The number of carbonyl (C=O) groups excluding carboxylic acids is 1. The van der Waals surface area contributed by atoms with Crippen LogP contribution < -0.4 is 10.1 Å². The lowest BCUT2D eigenvalue weighted by molar-refractivity contribution is -0.0475. The Bertz CT molecular complexity index is 1170. The van der Waals surface area contributed by atoms with Gasteiger partial charge in [0.2, 0.25) is 11.8 Å². The summed E-state index contributed by atoms with van der Waals surface area (Å²) in [5, 5.41) is 3.78. The third kappa shape index (κ3) is 7.81. The number of alkyl halides is 2. The molecular formula is C25H31F2N3O4S. The van der Waals surface area contributed by atoms with Crippen molar-refractivity contribution in [1.82, 2.24) is 15.3 Å². The summed E-state index contributed by atoms with van der Waals surface area (Å²) in [6, 6.07) is 8.08. The fraction of sp³-hybridized carbons (Fsp3) is 0.480. The molecule has 1 N–H and O–H groups in total. The average Bonchev–Trinajstić information content (AvgIpc) is 2.76. The normalized spacial score (nSPS) is 17.8. The van der Waals surface area contributed by atoms with Gasteiger partial charge in [0.1, 0.15) is 17.1 Å². The van der Waals surface area contributed by atoms with Crippen molar-refractivity contribution in [3.63, 3.8) is 0 Å². The molecule has 35 heavy (non-hydrogen) atoms. The molecule has 1 amide bonds. The molecule has 2 aromatic rings. The second-order valence-electron chi connectivity index (χ2n) is 9.93. The van der Waals surface area contributed by atoms with Gasteiger partial charge in [-0.05, 0) is 30.9 Å². The zero-order valence-corrected chi connectivity index (χ0v) is 21.1. The van der Waals surface area contributed by atoms with Crippen molar-refractivity contribution in [2.45, 2.75) is 63.8 Å². The first-order chi connectivity index (χ1) is 16.2. The molecule has 1 aliphatic carbocycles. The van der Waals surface area contributed by atoms with Crippen molar-refractivity contribution in [1.29, 1.82) is 0 Å². The number of sulfone groups is 1. The smallest absolute Gasteiger partial charge is 0.258 e. The van der Waals surface area contributed by atoms with Crippen LogP contribution >= 0.6 is 0 Å². The Morgan fingerprint density at radius 1 is 1.20 bits per heavy atom. The molecule has 0 bridgehead atoms. The van der Waals surface area contributed by atoms with Crippen LogP contribution in [0.1, 0.15) is 62.6 Å². The molecule has 0 aliphatic heterocycles. The van der Waals surface area contributed by atoms with Crippen molar-refractivity contribution in [2.24, 2.45) is 5.92 Å². The molecule has 1 fully saturated rings. The minimum absolute atomic E-state index is 0.0506. The van der Waals surface area contributed by atoms with Crippen LogP contribution in [0.25, 0.3) is 0 Å². The van der Waals surface area contributed by atoms with Crippen LogP contribution in [0.2, 0.25) is 0 Å². The Morgan fingerprint density at radius 3 is 2.40 bits per heavy atom. The summed E-state index contributed by atoms with van der Waals surface area (Å²) in [5.41, 5.74) is -0.349. The Morgan fingerprint density at radius 2 is 1.83 bits per heavy atom. The standard InChI is InChI=1S/C25H31F2N3O4S/c1-24(2,3)23-28-16-19(22(30-23)34-18-8-6-5-7-9-18)21(31)29-20(12-15-35(4,32)33)17-10-13-25(26,27)14-11-17/h5-9,12,15-17,20H,10-11,13-14H2,1-4H3,(H,29,31)/b15-12+. The maximum absolute atomic E-state index is 13.7. The van der Waals surface area contributed by atoms with Gasteiger partial charge < -0.3 is 10.1 Å². The molecule has 1 aromatic carbocycles. The number of nitrogens with one attached hydrogen (secondary N) is 1. The van der Waals surface area contributed by atoms with Gasteiger partial charge >= 0.3 is 0 Å². The first kappa shape index (κ1) is 26.7. The molecule has 1 saturated carbocycles. The van der Waals surface area contributed by atoms with E-state index in [4.69, 9.17) is 4.74 Å². The van der Waals surface area contributed by atoms with Crippen LogP contribution in [0, 0.1) is 5.92 Å². The molecule has 1 heterocycles. The quantitative estimate of drug-likeness (QED) is 0.563. The lowest BCUT2D eigenvalue weighted by Crippen LogP contribution is -2.42. The molecule has 7 nitrogen and oxygen atoms in total. The summed E-state index contributed by atoms with van der Waals surface area (Å²) in [6.07, 6.45) is 3.42. The van der Waals surface area contributed by atoms with Crippen LogP contribution in [-0.2, 0) is 15.3 Å². The van der Waals surface area contributed by atoms with Crippen molar-refractivity contribution in [3.8, 4) is 11.6 Å². The molecule has 1 atom stereocenters. The largest absolute Gasteiger partial charge is 0.438 e. The molecule has 1 unspecified atom stereocenters. The highest BCUT2D eigenvalue weighted by Gasteiger charge is 2.38. The number of amides is 1. The molecule has 190 valence electrons. The Balaban J connectivity index is 1.92. The topological polar surface area (TPSA) is 98.2 Å². The van der Waals surface area contributed by atoms with E-state index < -0.39 is 33.1 Å². The van der Waals surface area contributed by atoms with Crippen LogP contribution in [0.3, 0.4) is 0 Å². The predicted molar refractivity (Wildman–Crippen MR) is 129 cm³/mol. The van der Waals surface area contributed by atoms with Crippen LogP contribution in [0.4, 0.5) is 8.78 Å². The average molecular weight is 508 g/mol. The van der Waals surface area contributed by atoms with E-state index in [0.29, 0.717) is 11.6 Å². The van der Waals surface area contributed by atoms with Gasteiger partial charge in [0.05, 0.1) is 6.04 Å². The number of hydrogen-bond acceptors (Lipinski definition) is 6. The zero-order chi connectivity index (χ0) is 25.9. The Hall–Kier alpha value is -2.88. The lowest BCUT2D eigenvalue weighted by atomic mass is 9.82. The molecule has 1 aliphatic rings. The van der Waals surface area contributed by atoms with E-state index in [1.54, 1.807) is 24.3 Å². The summed E-state index contributed by atoms with van der Waals surface area (Å²) in [6.45, 7) is 5.79. The number of hydrogen-bond donors (Lipinski definition) is 1. The highest BCUT2D eigenvalue weighted by Crippen LogP contribution is 2.38. The van der Waals surface area contributed by atoms with Gasteiger partial charge in [0.15, 0.2) is 9.84 Å². The first-order valence-corrected chi connectivity index (χ1v) is 13.4. The third-order valence-electron chi connectivity index (χ3n) is 5.73. The fourth-order valence-corrected chi connectivity index (χ4v) is 4.22. The van der Waals surface area contributed by atoms with Crippen molar-refractivity contribution >= 4 is 15.7 Å². The summed E-state index contributed by atoms with van der Waals surface area (Å²) < 4.78 is 56.7. The van der Waals surface area contributed by atoms with E-state index in [1.165, 1.54) is 12.3 Å². The third-order valence-corrected chi connectivity index (χ3v) is 6.38. The Kier molecular flexibility index (Phi) is 7.93. The summed E-state index contributed by atoms with van der Waals surface area (Å²) in [4.78, 5) is 22.1. The maximum atomic E-state index is 13.7. The molecule has 10 heteroatoms. The van der Waals surface area contributed by atoms with Crippen LogP contribution in [0.15, 0.2) is 48.0 Å². The van der Waals surface area contributed by atoms with E-state index >= 15 is 0 Å². The highest BCUT2D eigenvalue weighted by atomic mass is 32.2. The van der Waals surface area contributed by atoms with Gasteiger partial charge in [-0.1, -0.05) is 45.0 Å². The molecule has 3 rings (SSSR count). The fourth-order valence-electron chi connectivity index (χ4n) is 3.76. The summed E-state index contributed by atoms with van der Waals surface area (Å²) >= 11 is 0. The number of ether oxygens (including phenoxy) is 1. The van der Waals surface area contributed by atoms with Crippen molar-refractivity contribution in [2.75, 3.05) is 6.26 Å². The van der Waals surface area contributed by atoms with Crippen molar-refractivity contribution in [3.05, 3.63) is 59.4 Å². The molecule has 0 spiro atoms. The maximum Gasteiger partial charge on any atom is 0.258 e. The van der Waals surface area contributed by atoms with E-state index in [0.717, 1.165) is 11.7 Å². The minimum atomic E-state index is -3.48. The monoisotopic (exact) mass is 507 g/mol. The van der Waals surface area contributed by atoms with Crippen molar-refractivity contribution < 1.29 is 26.7 Å². The molecule has 0 radical (unpaired) electrons. The zero-order valence-electron chi connectivity index (χ0n) is 20.3. The van der Waals surface area contributed by atoms with Gasteiger partial charge in [-0.3, -0.25) is 4.79 Å². The van der Waals surface area contributed by atoms with E-state index in [-0.39, 0.29) is 43.0 Å². The number of aromatic nitrogens is 2. The molecule has 0 saturated heterocycles. The number of carbonyl (C=O) groups is 1.